The van der Waals surface area contributed by atoms with Crippen LogP contribution in [-0.4, -0.2) is 13.2 Å². The van der Waals surface area contributed by atoms with Gasteiger partial charge in [-0.1, -0.05) is 76.1 Å². The first-order valence-electron chi connectivity index (χ1n) is 8.80. The van der Waals surface area contributed by atoms with Crippen molar-refractivity contribution < 1.29 is 4.74 Å². The van der Waals surface area contributed by atoms with E-state index in [9.17, 15) is 0 Å². The molecule has 0 bridgehead atoms. The Balaban J connectivity index is 1.56. The lowest BCUT2D eigenvalue weighted by Crippen LogP contribution is -2.30. The normalized spacial score (nSPS) is 17.7. The molecule has 2 rings (SSSR count). The minimum atomic E-state index is 0.388. The summed E-state index contributed by atoms with van der Waals surface area (Å²) >= 11 is 0. The van der Waals surface area contributed by atoms with Gasteiger partial charge in [0.15, 0.2) is 0 Å². The van der Waals surface area contributed by atoms with Gasteiger partial charge in [-0.25, -0.2) is 0 Å². The molecular formula is C19H31NO. The van der Waals surface area contributed by atoms with E-state index in [1.807, 2.05) is 0 Å². The van der Waals surface area contributed by atoms with E-state index in [1.54, 1.807) is 0 Å². The van der Waals surface area contributed by atoms with Gasteiger partial charge in [0.2, 0.25) is 0 Å². The minimum Gasteiger partial charge on any atom is -0.375 e. The van der Waals surface area contributed by atoms with Crippen LogP contribution in [0.3, 0.4) is 0 Å². The summed E-state index contributed by atoms with van der Waals surface area (Å²) < 4.78 is 5.68. The molecule has 0 saturated heterocycles. The Morgan fingerprint density at radius 2 is 1.71 bits per heavy atom. The van der Waals surface area contributed by atoms with Gasteiger partial charge in [-0.15, -0.1) is 0 Å². The first-order valence-corrected chi connectivity index (χ1v) is 8.80. The molecule has 1 aliphatic heterocycles. The number of hydrogen-bond donors (Lipinski definition) is 1. The fourth-order valence-electron chi connectivity index (χ4n) is 3.09. The van der Waals surface area contributed by atoms with Crippen LogP contribution in [0.15, 0.2) is 24.3 Å². The van der Waals surface area contributed by atoms with E-state index in [4.69, 9.17) is 4.74 Å². The highest BCUT2D eigenvalue weighted by molar-refractivity contribution is 5.30. The van der Waals surface area contributed by atoms with Crippen LogP contribution in [0.2, 0.25) is 0 Å². The molecule has 0 fully saturated rings. The van der Waals surface area contributed by atoms with Gasteiger partial charge in [-0.2, -0.15) is 0 Å². The third-order valence-electron chi connectivity index (χ3n) is 4.39. The number of ether oxygens (including phenoxy) is 1. The Hall–Kier alpha value is -0.860. The van der Waals surface area contributed by atoms with Gasteiger partial charge in [-0.3, -0.25) is 0 Å². The molecular weight excluding hydrogens is 258 g/mol. The molecule has 0 aromatic heterocycles. The van der Waals surface area contributed by atoms with E-state index in [2.05, 4.69) is 36.5 Å². The van der Waals surface area contributed by atoms with E-state index in [1.165, 1.54) is 62.5 Å². The Kier molecular flexibility index (Phi) is 7.83. The Morgan fingerprint density at radius 1 is 1.00 bits per heavy atom. The maximum Gasteiger partial charge on any atom is 0.0721 e. The first-order chi connectivity index (χ1) is 10.4. The third-order valence-corrected chi connectivity index (χ3v) is 4.39. The average molecular weight is 289 g/mol. The lowest BCUT2D eigenvalue weighted by atomic mass is 9.99. The molecule has 0 radical (unpaired) electrons. The molecule has 1 atom stereocenters. The van der Waals surface area contributed by atoms with Crippen molar-refractivity contribution >= 4 is 0 Å². The molecule has 1 N–H and O–H groups in total. The lowest BCUT2D eigenvalue weighted by Gasteiger charge is -2.26. The number of fused-ring (bicyclic) bond motifs is 1. The van der Waals surface area contributed by atoms with Crippen molar-refractivity contribution in [1.82, 2.24) is 5.32 Å². The molecule has 118 valence electrons. The van der Waals surface area contributed by atoms with Crippen LogP contribution in [0.1, 0.15) is 75.5 Å². The highest BCUT2D eigenvalue weighted by Gasteiger charge is 2.19. The molecule has 1 unspecified atom stereocenters. The summed E-state index contributed by atoms with van der Waals surface area (Å²) in [5.41, 5.74) is 2.78. The van der Waals surface area contributed by atoms with Gasteiger partial charge < -0.3 is 10.1 Å². The molecule has 1 aromatic carbocycles. The van der Waals surface area contributed by atoms with E-state index >= 15 is 0 Å². The molecule has 0 saturated carbocycles. The second kappa shape index (κ2) is 9.97. The van der Waals surface area contributed by atoms with Crippen molar-refractivity contribution in [2.45, 2.75) is 70.9 Å². The highest BCUT2D eigenvalue weighted by Crippen LogP contribution is 2.24. The number of hydrogen-bond acceptors (Lipinski definition) is 2. The minimum absolute atomic E-state index is 0.388. The Morgan fingerprint density at radius 3 is 2.52 bits per heavy atom. The van der Waals surface area contributed by atoms with Crippen LogP contribution in [0.5, 0.6) is 0 Å². The number of unbranched alkanes of at least 4 members (excludes halogenated alkanes) is 7. The van der Waals surface area contributed by atoms with E-state index in [-0.39, 0.29) is 0 Å². The molecule has 1 aliphatic rings. The molecule has 2 nitrogen and oxygen atoms in total. The summed E-state index contributed by atoms with van der Waals surface area (Å²) in [5, 5.41) is 3.66. The standard InChI is InChI=1S/C19H31NO/c1-2-3-4-5-6-7-8-11-14-20-19-16-21-15-17-12-9-10-13-18(17)19/h9-10,12-13,19-20H,2-8,11,14-16H2,1H3. The zero-order chi connectivity index (χ0) is 14.8. The SMILES string of the molecule is CCCCCCCCCCNC1COCc2ccccc21. The van der Waals surface area contributed by atoms with E-state index in [0.29, 0.717) is 6.04 Å². The van der Waals surface area contributed by atoms with Crippen molar-refractivity contribution in [3.8, 4) is 0 Å². The number of benzene rings is 1. The summed E-state index contributed by atoms with van der Waals surface area (Å²) in [7, 11) is 0. The summed E-state index contributed by atoms with van der Waals surface area (Å²) in [4.78, 5) is 0. The van der Waals surface area contributed by atoms with Crippen molar-refractivity contribution in [1.29, 1.82) is 0 Å². The highest BCUT2D eigenvalue weighted by atomic mass is 16.5. The third kappa shape index (κ3) is 5.80. The van der Waals surface area contributed by atoms with Crippen LogP contribution in [0.25, 0.3) is 0 Å². The van der Waals surface area contributed by atoms with Gasteiger partial charge in [-0.05, 0) is 24.1 Å². The van der Waals surface area contributed by atoms with Gasteiger partial charge in [0.1, 0.15) is 0 Å². The Bertz CT molecular complexity index is 391. The Labute approximate surface area is 130 Å². The number of rotatable bonds is 10. The number of nitrogens with one attached hydrogen (secondary N) is 1. The molecule has 0 spiro atoms. The second-order valence-electron chi connectivity index (χ2n) is 6.20. The first kappa shape index (κ1) is 16.5. The van der Waals surface area contributed by atoms with Crippen molar-refractivity contribution in [3.05, 3.63) is 35.4 Å². The fourth-order valence-corrected chi connectivity index (χ4v) is 3.09. The largest absolute Gasteiger partial charge is 0.375 e. The van der Waals surface area contributed by atoms with Crippen LogP contribution in [-0.2, 0) is 11.3 Å². The van der Waals surface area contributed by atoms with Crippen LogP contribution in [0, 0.1) is 0 Å². The zero-order valence-corrected chi connectivity index (χ0v) is 13.6. The van der Waals surface area contributed by atoms with Gasteiger partial charge in [0, 0.05) is 0 Å². The molecule has 1 aromatic rings. The van der Waals surface area contributed by atoms with Crippen molar-refractivity contribution in [2.24, 2.45) is 0 Å². The summed E-state index contributed by atoms with van der Waals surface area (Å²) in [6.45, 7) is 4.97. The molecule has 2 heteroatoms. The average Bonchev–Trinajstić information content (AvgIpc) is 2.53. The predicted molar refractivity (Wildman–Crippen MR) is 89.5 cm³/mol. The summed E-state index contributed by atoms with van der Waals surface area (Å²) in [5.74, 6) is 0. The molecule has 21 heavy (non-hydrogen) atoms. The van der Waals surface area contributed by atoms with Crippen LogP contribution in [0.4, 0.5) is 0 Å². The maximum atomic E-state index is 5.68. The second-order valence-corrected chi connectivity index (χ2v) is 6.20. The molecule has 0 amide bonds. The van der Waals surface area contributed by atoms with Gasteiger partial charge in [0.05, 0.1) is 19.3 Å². The maximum absolute atomic E-state index is 5.68. The molecule has 0 aliphatic carbocycles. The summed E-state index contributed by atoms with van der Waals surface area (Å²) in [6.07, 6.45) is 11.0. The van der Waals surface area contributed by atoms with Gasteiger partial charge >= 0.3 is 0 Å². The quantitative estimate of drug-likeness (QED) is 0.613. The zero-order valence-electron chi connectivity index (χ0n) is 13.6. The van der Waals surface area contributed by atoms with Gasteiger partial charge in [0.25, 0.3) is 0 Å². The van der Waals surface area contributed by atoms with Crippen LogP contribution < -0.4 is 5.32 Å². The predicted octanol–water partition coefficient (Wildman–Crippen LogP) is 4.99. The van der Waals surface area contributed by atoms with Crippen LogP contribution >= 0.6 is 0 Å². The fraction of sp³-hybridized carbons (Fsp3) is 0.684. The smallest absolute Gasteiger partial charge is 0.0721 e. The monoisotopic (exact) mass is 289 g/mol. The van der Waals surface area contributed by atoms with Crippen molar-refractivity contribution in [3.63, 3.8) is 0 Å². The topological polar surface area (TPSA) is 21.3 Å². The van der Waals surface area contributed by atoms with E-state index < -0.39 is 0 Å². The molecule has 1 heterocycles. The lowest BCUT2D eigenvalue weighted by molar-refractivity contribution is 0.0821. The van der Waals surface area contributed by atoms with E-state index in [0.717, 1.165) is 19.8 Å². The summed E-state index contributed by atoms with van der Waals surface area (Å²) in [6, 6.07) is 9.04. The van der Waals surface area contributed by atoms with Crippen molar-refractivity contribution in [2.75, 3.05) is 13.2 Å².